The van der Waals surface area contributed by atoms with Crippen molar-refractivity contribution in [3.05, 3.63) is 36.3 Å². The minimum absolute atomic E-state index is 0.165. The van der Waals surface area contributed by atoms with Gasteiger partial charge in [-0.15, -0.1) is 0 Å². The highest BCUT2D eigenvalue weighted by Crippen LogP contribution is 2.49. The molecule has 3 aliphatic carbocycles. The smallest absolute Gasteiger partial charge is 0.254 e. The van der Waals surface area contributed by atoms with Crippen molar-refractivity contribution >= 4 is 18.0 Å². The quantitative estimate of drug-likeness (QED) is 0.468. The number of carbonyl (C=O) groups excluding carboxylic acids is 2. The van der Waals surface area contributed by atoms with E-state index in [1.165, 1.54) is 12.5 Å². The molecule has 4 aliphatic rings. The van der Waals surface area contributed by atoms with E-state index in [1.807, 2.05) is 0 Å². The number of carbonyl (C=O) groups is 2. The third-order valence-corrected chi connectivity index (χ3v) is 4.58. The molecule has 0 spiro atoms. The van der Waals surface area contributed by atoms with Crippen LogP contribution < -0.4 is 0 Å². The molecule has 5 rings (SSSR count). The summed E-state index contributed by atoms with van der Waals surface area (Å²) in [6.45, 7) is 0. The Kier molecular flexibility index (Phi) is 2.42. The fourth-order valence-corrected chi connectivity index (χ4v) is 3.65. The summed E-state index contributed by atoms with van der Waals surface area (Å²) in [6.07, 6.45) is 9.13. The topological polar surface area (TPSA) is 62.9 Å². The van der Waals surface area contributed by atoms with Gasteiger partial charge in [0.1, 0.15) is 5.76 Å². The van der Waals surface area contributed by atoms with E-state index in [1.54, 1.807) is 12.1 Å². The van der Waals surface area contributed by atoms with Crippen LogP contribution in [0.25, 0.3) is 0 Å². The Bertz CT molecular complexity index is 585. The molecule has 102 valence electrons. The third-order valence-electron chi connectivity index (χ3n) is 4.58. The Morgan fingerprint density at radius 2 is 1.80 bits per heavy atom. The number of amides is 2. The minimum atomic E-state index is -0.208. The van der Waals surface area contributed by atoms with E-state index in [2.05, 4.69) is 17.3 Å². The molecule has 1 aromatic rings. The normalized spacial score (nSPS) is 35.3. The van der Waals surface area contributed by atoms with Crippen molar-refractivity contribution in [3.8, 4) is 0 Å². The van der Waals surface area contributed by atoms with E-state index in [-0.39, 0.29) is 35.5 Å². The molecule has 4 atom stereocenters. The lowest BCUT2D eigenvalue weighted by Gasteiger charge is -2.37. The van der Waals surface area contributed by atoms with Crippen molar-refractivity contribution < 1.29 is 14.0 Å². The van der Waals surface area contributed by atoms with Gasteiger partial charge < -0.3 is 4.42 Å². The first-order chi connectivity index (χ1) is 9.75. The molecule has 0 radical (unpaired) electrons. The number of nitrogens with zero attached hydrogens (tertiary/aromatic N) is 2. The first-order valence-electron chi connectivity index (χ1n) is 6.89. The molecule has 20 heavy (non-hydrogen) atoms. The molecule has 2 bridgehead atoms. The van der Waals surface area contributed by atoms with Crippen molar-refractivity contribution in [1.29, 1.82) is 0 Å². The van der Waals surface area contributed by atoms with Crippen LogP contribution in [-0.2, 0) is 9.59 Å². The molecule has 2 fully saturated rings. The van der Waals surface area contributed by atoms with Gasteiger partial charge in [-0.1, -0.05) is 12.2 Å². The van der Waals surface area contributed by atoms with Crippen molar-refractivity contribution in [3.63, 3.8) is 0 Å². The average Bonchev–Trinajstić information content (AvgIpc) is 3.08. The number of fused-ring (bicyclic) bond motifs is 1. The molecule has 2 heterocycles. The number of rotatable bonds is 2. The van der Waals surface area contributed by atoms with Gasteiger partial charge in [0.2, 0.25) is 0 Å². The first kappa shape index (κ1) is 11.6. The number of allylic oxidation sites excluding steroid dienone is 2. The number of hydrazone groups is 1. The van der Waals surface area contributed by atoms with E-state index < -0.39 is 0 Å². The highest BCUT2D eigenvalue weighted by atomic mass is 16.3. The standard InChI is InChI=1S/C15H14N2O3/c18-14-12-9-3-4-10(6-5-9)13(12)15(19)17(14)16-8-11-2-1-7-20-11/h1-4,7-10,12-13H,5-6H2/b16-8-/t9-,10-,12-,13-/m0/s1. The molecule has 5 heteroatoms. The van der Waals surface area contributed by atoms with E-state index in [4.69, 9.17) is 4.42 Å². The van der Waals surface area contributed by atoms with Crippen LogP contribution in [0.1, 0.15) is 18.6 Å². The second-order valence-electron chi connectivity index (χ2n) is 5.59. The zero-order chi connectivity index (χ0) is 13.7. The summed E-state index contributed by atoms with van der Waals surface area (Å²) in [5.41, 5.74) is 0. The maximum atomic E-state index is 12.4. The molecule has 0 N–H and O–H groups in total. The van der Waals surface area contributed by atoms with Crippen molar-refractivity contribution in [2.45, 2.75) is 12.8 Å². The van der Waals surface area contributed by atoms with Crippen LogP contribution in [0.15, 0.2) is 40.1 Å². The Labute approximate surface area is 115 Å². The predicted molar refractivity (Wildman–Crippen MR) is 70.5 cm³/mol. The zero-order valence-electron chi connectivity index (χ0n) is 10.8. The molecule has 0 unspecified atom stereocenters. The lowest BCUT2D eigenvalue weighted by Crippen LogP contribution is -2.38. The van der Waals surface area contributed by atoms with Gasteiger partial charge in [0.05, 0.1) is 24.3 Å². The van der Waals surface area contributed by atoms with Gasteiger partial charge >= 0.3 is 0 Å². The first-order valence-corrected chi connectivity index (χ1v) is 6.89. The fourth-order valence-electron chi connectivity index (χ4n) is 3.65. The van der Waals surface area contributed by atoms with Crippen molar-refractivity contribution in [2.75, 3.05) is 0 Å². The molecular weight excluding hydrogens is 256 g/mol. The lowest BCUT2D eigenvalue weighted by atomic mass is 9.63. The number of furan rings is 1. The van der Waals surface area contributed by atoms with Gasteiger partial charge in [0, 0.05) is 0 Å². The van der Waals surface area contributed by atoms with E-state index in [0.29, 0.717) is 5.76 Å². The van der Waals surface area contributed by atoms with Crippen LogP contribution in [-0.4, -0.2) is 23.0 Å². The molecule has 0 aromatic carbocycles. The number of hydrogen-bond donors (Lipinski definition) is 0. The summed E-state index contributed by atoms with van der Waals surface area (Å²) in [5, 5.41) is 5.07. The predicted octanol–water partition coefficient (Wildman–Crippen LogP) is 1.81. The van der Waals surface area contributed by atoms with E-state index >= 15 is 0 Å². The van der Waals surface area contributed by atoms with Gasteiger partial charge in [-0.25, -0.2) is 0 Å². The molecule has 1 saturated heterocycles. The monoisotopic (exact) mass is 270 g/mol. The maximum absolute atomic E-state index is 12.4. The van der Waals surface area contributed by atoms with Crippen LogP contribution in [0, 0.1) is 23.7 Å². The summed E-state index contributed by atoms with van der Waals surface area (Å²) < 4.78 is 5.13. The second kappa shape index (κ2) is 4.16. The van der Waals surface area contributed by atoms with Crippen LogP contribution in [0.5, 0.6) is 0 Å². The molecular formula is C15H14N2O3. The molecule has 1 aromatic heterocycles. The van der Waals surface area contributed by atoms with E-state index in [0.717, 1.165) is 17.9 Å². The largest absolute Gasteiger partial charge is 0.463 e. The third kappa shape index (κ3) is 1.52. The summed E-state index contributed by atoms with van der Waals surface area (Å²) in [7, 11) is 0. The fraction of sp³-hybridized carbons (Fsp3) is 0.400. The van der Waals surface area contributed by atoms with Crippen LogP contribution in [0.2, 0.25) is 0 Å². The Morgan fingerprint density at radius 3 is 2.30 bits per heavy atom. The number of hydrogen-bond acceptors (Lipinski definition) is 4. The average molecular weight is 270 g/mol. The van der Waals surface area contributed by atoms with Gasteiger partial charge in [-0.2, -0.15) is 10.1 Å². The highest BCUT2D eigenvalue weighted by Gasteiger charge is 2.56. The Balaban J connectivity index is 1.64. The molecule has 1 aliphatic heterocycles. The molecule has 1 saturated carbocycles. The second-order valence-corrected chi connectivity index (χ2v) is 5.59. The molecule has 2 amide bonds. The van der Waals surface area contributed by atoms with Crippen LogP contribution in [0.4, 0.5) is 0 Å². The van der Waals surface area contributed by atoms with Crippen LogP contribution in [0.3, 0.4) is 0 Å². The van der Waals surface area contributed by atoms with Gasteiger partial charge in [-0.05, 0) is 36.8 Å². The van der Waals surface area contributed by atoms with Crippen LogP contribution >= 0.6 is 0 Å². The summed E-state index contributed by atoms with van der Waals surface area (Å²) in [5.74, 6) is 0.181. The molecule has 5 nitrogen and oxygen atoms in total. The van der Waals surface area contributed by atoms with Gasteiger partial charge in [0.25, 0.3) is 11.8 Å². The Morgan fingerprint density at radius 1 is 1.15 bits per heavy atom. The summed E-state index contributed by atoms with van der Waals surface area (Å²) in [4.78, 5) is 24.9. The van der Waals surface area contributed by atoms with Gasteiger partial charge in [-0.3, -0.25) is 9.59 Å². The van der Waals surface area contributed by atoms with Crippen molar-refractivity contribution in [2.24, 2.45) is 28.8 Å². The highest BCUT2D eigenvalue weighted by molar-refractivity contribution is 6.06. The summed E-state index contributed by atoms with van der Waals surface area (Å²) in [6, 6.07) is 3.46. The number of imide groups is 1. The summed E-state index contributed by atoms with van der Waals surface area (Å²) >= 11 is 0. The maximum Gasteiger partial charge on any atom is 0.254 e. The van der Waals surface area contributed by atoms with Crippen molar-refractivity contribution in [1.82, 2.24) is 5.01 Å². The SMILES string of the molecule is O=C1[C@@H]2[C@@H](C(=O)N1/N=C\c1ccco1)[C@H]1C=C[C@H]2CC1. The zero-order valence-corrected chi connectivity index (χ0v) is 10.8. The van der Waals surface area contributed by atoms with E-state index in [9.17, 15) is 9.59 Å². The lowest BCUT2D eigenvalue weighted by molar-refractivity contribution is -0.140. The minimum Gasteiger partial charge on any atom is -0.463 e. The Hall–Kier alpha value is -2.17. The van der Waals surface area contributed by atoms with Gasteiger partial charge in [0.15, 0.2) is 0 Å².